The molecule has 0 heterocycles. The SMILES string of the molecule is CC(O)/C=C/c1ccc(OC(F)F)cc1. The van der Waals surface area contributed by atoms with E-state index in [1.807, 2.05) is 0 Å². The number of halogens is 2. The second-order valence-electron chi connectivity index (χ2n) is 3.05. The van der Waals surface area contributed by atoms with Gasteiger partial charge in [-0.3, -0.25) is 0 Å². The largest absolute Gasteiger partial charge is 0.435 e. The Balaban J connectivity index is 2.64. The molecule has 1 aromatic rings. The van der Waals surface area contributed by atoms with E-state index in [4.69, 9.17) is 5.11 Å². The van der Waals surface area contributed by atoms with Crippen LogP contribution in [0.2, 0.25) is 0 Å². The Kier molecular flexibility index (Phi) is 4.24. The zero-order valence-corrected chi connectivity index (χ0v) is 8.23. The summed E-state index contributed by atoms with van der Waals surface area (Å²) in [4.78, 5) is 0. The molecule has 2 nitrogen and oxygen atoms in total. The molecule has 1 N–H and O–H groups in total. The molecule has 0 aliphatic rings. The molecule has 0 bridgehead atoms. The van der Waals surface area contributed by atoms with E-state index in [2.05, 4.69) is 4.74 Å². The third-order valence-corrected chi connectivity index (χ3v) is 1.67. The molecule has 4 heteroatoms. The summed E-state index contributed by atoms with van der Waals surface area (Å²) >= 11 is 0. The summed E-state index contributed by atoms with van der Waals surface area (Å²) in [7, 11) is 0. The van der Waals surface area contributed by atoms with Gasteiger partial charge in [0.05, 0.1) is 6.10 Å². The maximum Gasteiger partial charge on any atom is 0.387 e. The molecule has 1 atom stereocenters. The summed E-state index contributed by atoms with van der Waals surface area (Å²) in [5.74, 6) is 0.124. The first-order valence-corrected chi connectivity index (χ1v) is 4.49. The van der Waals surface area contributed by atoms with E-state index < -0.39 is 12.7 Å². The van der Waals surface area contributed by atoms with E-state index >= 15 is 0 Å². The van der Waals surface area contributed by atoms with Gasteiger partial charge in [-0.1, -0.05) is 24.3 Å². The number of aliphatic hydroxyl groups excluding tert-OH is 1. The molecule has 1 aromatic carbocycles. The number of aliphatic hydroxyl groups is 1. The predicted molar refractivity (Wildman–Crippen MR) is 53.8 cm³/mol. The highest BCUT2D eigenvalue weighted by Crippen LogP contribution is 2.15. The molecule has 15 heavy (non-hydrogen) atoms. The van der Waals surface area contributed by atoms with Crippen LogP contribution in [-0.2, 0) is 0 Å². The molecule has 0 aromatic heterocycles. The van der Waals surface area contributed by atoms with Gasteiger partial charge in [-0.25, -0.2) is 0 Å². The van der Waals surface area contributed by atoms with Gasteiger partial charge in [-0.2, -0.15) is 8.78 Å². The number of alkyl halides is 2. The minimum absolute atomic E-state index is 0.124. The zero-order chi connectivity index (χ0) is 11.3. The Morgan fingerprint density at radius 1 is 1.27 bits per heavy atom. The Labute approximate surface area is 86.8 Å². The molecule has 0 saturated carbocycles. The first-order chi connectivity index (χ1) is 7.08. The standard InChI is InChI=1S/C11H12F2O2/c1-8(14)2-3-9-4-6-10(7-5-9)15-11(12)13/h2-8,11,14H,1H3/b3-2+. The summed E-state index contributed by atoms with van der Waals surface area (Å²) in [6.45, 7) is -1.17. The topological polar surface area (TPSA) is 29.5 Å². The monoisotopic (exact) mass is 214 g/mol. The zero-order valence-electron chi connectivity index (χ0n) is 8.23. The molecule has 0 saturated heterocycles. The highest BCUT2D eigenvalue weighted by atomic mass is 19.3. The van der Waals surface area contributed by atoms with Crippen LogP contribution in [-0.4, -0.2) is 17.8 Å². The van der Waals surface area contributed by atoms with Crippen molar-refractivity contribution in [2.24, 2.45) is 0 Å². The quantitative estimate of drug-likeness (QED) is 0.834. The first-order valence-electron chi connectivity index (χ1n) is 4.49. The van der Waals surface area contributed by atoms with Gasteiger partial charge in [0.2, 0.25) is 0 Å². The van der Waals surface area contributed by atoms with Crippen molar-refractivity contribution in [3.05, 3.63) is 35.9 Å². The number of hydrogen-bond donors (Lipinski definition) is 1. The molecular weight excluding hydrogens is 202 g/mol. The van der Waals surface area contributed by atoms with Gasteiger partial charge >= 0.3 is 6.61 Å². The summed E-state index contributed by atoms with van der Waals surface area (Å²) in [5.41, 5.74) is 0.817. The molecule has 82 valence electrons. The van der Waals surface area contributed by atoms with Crippen molar-refractivity contribution in [2.45, 2.75) is 19.6 Å². The Morgan fingerprint density at radius 3 is 2.33 bits per heavy atom. The molecule has 0 amide bonds. The van der Waals surface area contributed by atoms with Crippen molar-refractivity contribution < 1.29 is 18.6 Å². The fraction of sp³-hybridized carbons (Fsp3) is 0.273. The van der Waals surface area contributed by atoms with Crippen LogP contribution in [0.25, 0.3) is 6.08 Å². The van der Waals surface area contributed by atoms with Crippen LogP contribution in [0.5, 0.6) is 5.75 Å². The lowest BCUT2D eigenvalue weighted by molar-refractivity contribution is -0.0498. The fourth-order valence-corrected chi connectivity index (χ4v) is 1.01. The fourth-order valence-electron chi connectivity index (χ4n) is 1.01. The molecular formula is C11H12F2O2. The Morgan fingerprint density at radius 2 is 1.87 bits per heavy atom. The molecule has 0 aliphatic heterocycles. The van der Waals surface area contributed by atoms with E-state index in [0.717, 1.165) is 5.56 Å². The third kappa shape index (κ3) is 4.56. The first kappa shape index (κ1) is 11.7. The van der Waals surface area contributed by atoms with Crippen molar-refractivity contribution in [1.29, 1.82) is 0 Å². The smallest absolute Gasteiger partial charge is 0.387 e. The van der Waals surface area contributed by atoms with E-state index in [9.17, 15) is 8.78 Å². The van der Waals surface area contributed by atoms with Crippen LogP contribution >= 0.6 is 0 Å². The van der Waals surface area contributed by atoms with Crippen LogP contribution in [0.4, 0.5) is 8.78 Å². The van der Waals surface area contributed by atoms with E-state index in [-0.39, 0.29) is 5.75 Å². The molecule has 0 fully saturated rings. The normalized spacial score (nSPS) is 13.4. The molecule has 0 radical (unpaired) electrons. The highest BCUT2D eigenvalue weighted by Gasteiger charge is 2.02. The lowest BCUT2D eigenvalue weighted by Gasteiger charge is -2.03. The third-order valence-electron chi connectivity index (χ3n) is 1.67. The van der Waals surface area contributed by atoms with E-state index in [0.29, 0.717) is 0 Å². The van der Waals surface area contributed by atoms with Crippen molar-refractivity contribution >= 4 is 6.08 Å². The molecule has 0 spiro atoms. The van der Waals surface area contributed by atoms with Crippen LogP contribution in [0.1, 0.15) is 12.5 Å². The maximum absolute atomic E-state index is 11.8. The van der Waals surface area contributed by atoms with Gasteiger partial charge in [0.25, 0.3) is 0 Å². The van der Waals surface area contributed by atoms with Gasteiger partial charge in [-0.15, -0.1) is 0 Å². The summed E-state index contributed by atoms with van der Waals surface area (Å²) in [6, 6.07) is 6.18. The molecule has 0 aliphatic carbocycles. The van der Waals surface area contributed by atoms with Gasteiger partial charge in [0.1, 0.15) is 5.75 Å². The van der Waals surface area contributed by atoms with Crippen LogP contribution in [0.3, 0.4) is 0 Å². The minimum atomic E-state index is -2.80. The summed E-state index contributed by atoms with van der Waals surface area (Å²) in [5, 5.41) is 8.98. The number of ether oxygens (including phenoxy) is 1. The van der Waals surface area contributed by atoms with Gasteiger partial charge in [0.15, 0.2) is 0 Å². The molecule has 1 rings (SSSR count). The minimum Gasteiger partial charge on any atom is -0.435 e. The maximum atomic E-state index is 11.8. The lowest BCUT2D eigenvalue weighted by atomic mass is 10.2. The van der Waals surface area contributed by atoms with Crippen molar-refractivity contribution in [2.75, 3.05) is 0 Å². The molecule has 1 unspecified atom stereocenters. The van der Waals surface area contributed by atoms with Gasteiger partial charge < -0.3 is 9.84 Å². The number of benzene rings is 1. The number of rotatable bonds is 4. The Bertz CT molecular complexity index is 318. The van der Waals surface area contributed by atoms with Crippen molar-refractivity contribution in [1.82, 2.24) is 0 Å². The second kappa shape index (κ2) is 5.46. The van der Waals surface area contributed by atoms with Crippen LogP contribution < -0.4 is 4.74 Å². The van der Waals surface area contributed by atoms with Gasteiger partial charge in [-0.05, 0) is 24.6 Å². The second-order valence-corrected chi connectivity index (χ2v) is 3.05. The number of hydrogen-bond acceptors (Lipinski definition) is 2. The van der Waals surface area contributed by atoms with E-state index in [1.165, 1.54) is 12.1 Å². The van der Waals surface area contributed by atoms with E-state index in [1.54, 1.807) is 31.2 Å². The summed E-state index contributed by atoms with van der Waals surface area (Å²) < 4.78 is 27.8. The predicted octanol–water partition coefficient (Wildman–Crippen LogP) is 2.68. The van der Waals surface area contributed by atoms with Gasteiger partial charge in [0, 0.05) is 0 Å². The van der Waals surface area contributed by atoms with Crippen LogP contribution in [0, 0.1) is 0 Å². The average molecular weight is 214 g/mol. The van der Waals surface area contributed by atoms with Crippen LogP contribution in [0.15, 0.2) is 30.3 Å². The summed E-state index contributed by atoms with van der Waals surface area (Å²) in [6.07, 6.45) is 2.78. The van der Waals surface area contributed by atoms with Crippen molar-refractivity contribution in [3.8, 4) is 5.75 Å². The van der Waals surface area contributed by atoms with Crippen molar-refractivity contribution in [3.63, 3.8) is 0 Å². The average Bonchev–Trinajstić information content (AvgIpc) is 2.16. The highest BCUT2D eigenvalue weighted by molar-refractivity contribution is 5.50. The Hall–Kier alpha value is -1.42. The lowest BCUT2D eigenvalue weighted by Crippen LogP contribution is -2.01.